The van der Waals surface area contributed by atoms with Gasteiger partial charge in [0, 0.05) is 24.4 Å². The third kappa shape index (κ3) is 8.27. The second-order valence-corrected chi connectivity index (χ2v) is 10.3. The van der Waals surface area contributed by atoms with Crippen LogP contribution in [0, 0.1) is 40.9 Å². The van der Waals surface area contributed by atoms with Crippen molar-refractivity contribution in [3.63, 3.8) is 0 Å². The Morgan fingerprint density at radius 1 is 0.956 bits per heavy atom. The highest BCUT2D eigenvalue weighted by molar-refractivity contribution is 6.40. The van der Waals surface area contributed by atoms with E-state index in [-0.39, 0.29) is 19.0 Å². The van der Waals surface area contributed by atoms with E-state index in [1.54, 1.807) is 5.32 Å². The fourth-order valence-electron chi connectivity index (χ4n) is 4.21. The van der Waals surface area contributed by atoms with Gasteiger partial charge in [0.15, 0.2) is 29.2 Å². The highest BCUT2D eigenvalue weighted by Gasteiger charge is 2.49. The molecular weight excluding hydrogens is 621 g/mol. The zero-order chi connectivity index (χ0) is 33.6. The van der Waals surface area contributed by atoms with Gasteiger partial charge in [-0.15, -0.1) is 0 Å². The summed E-state index contributed by atoms with van der Waals surface area (Å²) in [5.74, 6) is -23.8. The maximum Gasteiger partial charge on any atom is 0.313 e. The van der Waals surface area contributed by atoms with E-state index < -0.39 is 113 Å². The number of alkyl halides is 2. The predicted octanol–water partition coefficient (Wildman–Crippen LogP) is 2.76. The maximum atomic E-state index is 15.2. The topological polar surface area (TPSA) is 143 Å². The molecule has 10 nitrogen and oxygen atoms in total. The van der Waals surface area contributed by atoms with Crippen molar-refractivity contribution in [2.45, 2.75) is 44.7 Å². The largest absolute Gasteiger partial charge is 0.479 e. The van der Waals surface area contributed by atoms with Gasteiger partial charge >= 0.3 is 11.8 Å². The molecule has 3 rings (SSSR count). The van der Waals surface area contributed by atoms with Gasteiger partial charge in [0.2, 0.25) is 23.4 Å². The summed E-state index contributed by atoms with van der Waals surface area (Å²) >= 11 is 0. The lowest BCUT2D eigenvalue weighted by molar-refractivity contribution is -0.149. The number of anilines is 1. The minimum absolute atomic E-state index is 0.110. The first-order valence-electron chi connectivity index (χ1n) is 13.3. The average molecular weight is 649 g/mol. The molecule has 0 bridgehead atoms. The molecular formula is C28H27F7N4O6. The molecule has 1 unspecified atom stereocenters. The summed E-state index contributed by atoms with van der Waals surface area (Å²) < 4.78 is 104. The van der Waals surface area contributed by atoms with Crippen molar-refractivity contribution in [2.24, 2.45) is 11.8 Å². The van der Waals surface area contributed by atoms with Crippen LogP contribution in [-0.4, -0.2) is 60.6 Å². The van der Waals surface area contributed by atoms with E-state index in [9.17, 15) is 45.9 Å². The number of Topliss-reactive ketones (excluding diaryl/α,β-unsaturated/α-hetero) is 1. The fraction of sp³-hybridized carbons (Fsp3) is 0.393. The lowest BCUT2D eigenvalue weighted by Gasteiger charge is -2.31. The molecule has 0 aliphatic carbocycles. The number of hydrogen-bond acceptors (Lipinski definition) is 6. The van der Waals surface area contributed by atoms with Gasteiger partial charge < -0.3 is 26.0 Å². The maximum absolute atomic E-state index is 15.2. The Bertz CT molecular complexity index is 1460. The molecule has 1 saturated heterocycles. The van der Waals surface area contributed by atoms with Crippen LogP contribution in [0.2, 0.25) is 0 Å². The molecule has 1 fully saturated rings. The lowest BCUT2D eigenvalue weighted by atomic mass is 9.94. The van der Waals surface area contributed by atoms with E-state index in [0.717, 1.165) is 26.0 Å². The van der Waals surface area contributed by atoms with Crippen LogP contribution >= 0.6 is 0 Å². The van der Waals surface area contributed by atoms with Crippen LogP contribution in [0.1, 0.15) is 26.7 Å². The van der Waals surface area contributed by atoms with Crippen LogP contribution in [0.25, 0.3) is 0 Å². The van der Waals surface area contributed by atoms with Crippen molar-refractivity contribution in [1.29, 1.82) is 0 Å². The summed E-state index contributed by atoms with van der Waals surface area (Å²) in [5.41, 5.74) is -0.471. The molecule has 45 heavy (non-hydrogen) atoms. The van der Waals surface area contributed by atoms with Gasteiger partial charge in [-0.1, -0.05) is 26.0 Å². The molecule has 0 saturated carbocycles. The SMILES string of the molecule is CC(C)C(F)(F)C(NC(=O)C(=O)Nc1ccccc1F)C(=O)N[C@@H](C[C@@H]1CCNC1=O)C(=O)COc1c(F)c(F)cc(F)c1F. The molecule has 0 spiro atoms. The van der Waals surface area contributed by atoms with Gasteiger partial charge in [-0.05, 0) is 25.0 Å². The van der Waals surface area contributed by atoms with Crippen molar-refractivity contribution in [3.8, 4) is 5.75 Å². The van der Waals surface area contributed by atoms with Gasteiger partial charge in [-0.2, -0.15) is 8.78 Å². The van der Waals surface area contributed by atoms with Crippen LogP contribution in [-0.2, 0) is 24.0 Å². The molecule has 4 N–H and O–H groups in total. The number of carbonyl (C=O) groups is 5. The standard InChI is InChI=1S/C28H27F7N4O6/c1-12(2)28(34,35)23(39-27(44)26(43)37-17-6-4-3-5-14(17)29)25(42)38-18(9-13-7-8-36-24(13)41)19(40)11-45-22-20(32)15(30)10-16(31)21(22)33/h3-6,10,12-13,18,23H,7-9,11H2,1-2H3,(H,36,41)(H,37,43)(H,38,42)(H,39,44)/t13-,18-,23?/m0/s1. The molecule has 0 radical (unpaired) electrons. The van der Waals surface area contributed by atoms with Gasteiger partial charge in [0.1, 0.15) is 12.4 Å². The minimum atomic E-state index is -4.07. The number of benzene rings is 2. The Morgan fingerprint density at radius 3 is 2.13 bits per heavy atom. The Labute approximate surface area is 251 Å². The lowest BCUT2D eigenvalue weighted by Crippen LogP contribution is -2.62. The molecule has 1 aliphatic rings. The number of halogens is 7. The van der Waals surface area contributed by atoms with Crippen molar-refractivity contribution in [2.75, 3.05) is 18.5 Å². The zero-order valence-electron chi connectivity index (χ0n) is 23.6. The molecule has 17 heteroatoms. The molecule has 1 heterocycles. The van der Waals surface area contributed by atoms with Gasteiger partial charge in [0.05, 0.1) is 11.7 Å². The van der Waals surface area contributed by atoms with E-state index in [1.165, 1.54) is 12.1 Å². The van der Waals surface area contributed by atoms with E-state index in [1.807, 2.05) is 10.6 Å². The van der Waals surface area contributed by atoms with Crippen LogP contribution in [0.3, 0.4) is 0 Å². The number of hydrogen-bond donors (Lipinski definition) is 4. The summed E-state index contributed by atoms with van der Waals surface area (Å²) in [5, 5.41) is 7.83. The first-order chi connectivity index (χ1) is 21.0. The Balaban J connectivity index is 1.85. The first kappa shape index (κ1) is 34.8. The number of ether oxygens (including phenoxy) is 1. The third-order valence-corrected chi connectivity index (χ3v) is 6.84. The van der Waals surface area contributed by atoms with Crippen LogP contribution in [0.4, 0.5) is 36.4 Å². The molecule has 2 aromatic carbocycles. The molecule has 0 aromatic heterocycles. The summed E-state index contributed by atoms with van der Waals surface area (Å²) in [6.07, 6.45) is -0.403. The number of amides is 4. The molecule has 3 atom stereocenters. The van der Waals surface area contributed by atoms with Crippen molar-refractivity contribution in [3.05, 3.63) is 59.4 Å². The van der Waals surface area contributed by atoms with Gasteiger partial charge in [-0.3, -0.25) is 24.0 Å². The Morgan fingerprint density at radius 2 is 1.58 bits per heavy atom. The number of nitrogens with one attached hydrogen (secondary N) is 4. The quantitative estimate of drug-likeness (QED) is 0.159. The highest BCUT2D eigenvalue weighted by Crippen LogP contribution is 2.30. The Hall–Kier alpha value is -4.70. The minimum Gasteiger partial charge on any atom is -0.479 e. The van der Waals surface area contributed by atoms with Crippen LogP contribution < -0.4 is 26.0 Å². The molecule has 1 aliphatic heterocycles. The second-order valence-electron chi connectivity index (χ2n) is 10.3. The third-order valence-electron chi connectivity index (χ3n) is 6.84. The van der Waals surface area contributed by atoms with Gasteiger partial charge in [-0.25, -0.2) is 22.0 Å². The van der Waals surface area contributed by atoms with E-state index in [2.05, 4.69) is 10.1 Å². The van der Waals surface area contributed by atoms with Crippen LogP contribution in [0.15, 0.2) is 30.3 Å². The molecule has 244 valence electrons. The average Bonchev–Trinajstić information content (AvgIpc) is 3.38. The number of ketones is 1. The van der Waals surface area contributed by atoms with Gasteiger partial charge in [0.25, 0.3) is 5.92 Å². The number of para-hydroxylation sites is 1. The van der Waals surface area contributed by atoms with Crippen molar-refractivity contribution >= 4 is 35.1 Å². The summed E-state index contributed by atoms with van der Waals surface area (Å²) in [4.78, 5) is 63.2. The fourth-order valence-corrected chi connectivity index (χ4v) is 4.21. The normalized spacial score (nSPS) is 16.0. The predicted molar refractivity (Wildman–Crippen MR) is 141 cm³/mol. The summed E-state index contributed by atoms with van der Waals surface area (Å²) in [7, 11) is 0. The van der Waals surface area contributed by atoms with Crippen molar-refractivity contribution in [1.82, 2.24) is 16.0 Å². The Kier molecular flexibility index (Phi) is 11.1. The smallest absolute Gasteiger partial charge is 0.313 e. The first-order valence-corrected chi connectivity index (χ1v) is 13.3. The zero-order valence-corrected chi connectivity index (χ0v) is 23.6. The summed E-state index contributed by atoms with van der Waals surface area (Å²) in [6.45, 7) is 0.770. The number of carbonyl (C=O) groups excluding carboxylic acids is 5. The monoisotopic (exact) mass is 648 g/mol. The van der Waals surface area contributed by atoms with Crippen LogP contribution in [0.5, 0.6) is 5.75 Å². The second kappa shape index (κ2) is 14.4. The van der Waals surface area contributed by atoms with E-state index >= 15 is 8.78 Å². The number of rotatable bonds is 12. The van der Waals surface area contributed by atoms with Crippen molar-refractivity contribution < 1.29 is 59.4 Å². The van der Waals surface area contributed by atoms with E-state index in [4.69, 9.17) is 0 Å². The molecule has 2 aromatic rings. The highest BCUT2D eigenvalue weighted by atomic mass is 19.3. The van der Waals surface area contributed by atoms with E-state index in [0.29, 0.717) is 0 Å². The summed E-state index contributed by atoms with van der Waals surface area (Å²) in [6, 6.07) is -0.200. The molecule has 4 amide bonds.